The molecule has 1 aromatic heterocycles. The van der Waals surface area contributed by atoms with E-state index in [-0.39, 0.29) is 0 Å². The Balaban J connectivity index is 2.23. The van der Waals surface area contributed by atoms with Crippen molar-refractivity contribution in [2.45, 2.75) is 27.3 Å². The first-order valence-corrected chi connectivity index (χ1v) is 7.39. The number of nitrogens with zero attached hydrogens (tertiary/aromatic N) is 3. The van der Waals surface area contributed by atoms with Crippen molar-refractivity contribution in [3.05, 3.63) is 64.8 Å². The Bertz CT molecular complexity index is 818. The van der Waals surface area contributed by atoms with Gasteiger partial charge in [-0.05, 0) is 38.5 Å². The van der Waals surface area contributed by atoms with Crippen LogP contribution in [0.2, 0.25) is 0 Å². The van der Waals surface area contributed by atoms with Gasteiger partial charge >= 0.3 is 0 Å². The van der Waals surface area contributed by atoms with Gasteiger partial charge in [-0.15, -0.1) is 5.10 Å². The number of hydrogen-bond acceptors (Lipinski definition) is 3. The molecule has 112 valence electrons. The normalized spacial score (nSPS) is 10.9. The van der Waals surface area contributed by atoms with Crippen LogP contribution in [-0.4, -0.2) is 15.0 Å². The van der Waals surface area contributed by atoms with Crippen molar-refractivity contribution >= 4 is 0 Å². The molecule has 1 heterocycles. The zero-order valence-electron chi connectivity index (χ0n) is 13.2. The third kappa shape index (κ3) is 2.53. The highest BCUT2D eigenvalue weighted by atomic mass is 15.4. The first kappa shape index (κ1) is 14.5. The average molecular weight is 292 g/mol. The number of rotatable bonds is 3. The van der Waals surface area contributed by atoms with Gasteiger partial charge in [0.25, 0.3) is 0 Å². The van der Waals surface area contributed by atoms with Gasteiger partial charge in [0, 0.05) is 12.1 Å². The van der Waals surface area contributed by atoms with Gasteiger partial charge in [0.2, 0.25) is 0 Å². The van der Waals surface area contributed by atoms with Gasteiger partial charge in [0.1, 0.15) is 5.69 Å². The Kier molecular flexibility index (Phi) is 3.77. The summed E-state index contributed by atoms with van der Waals surface area (Å²) in [5.74, 6) is 0. The summed E-state index contributed by atoms with van der Waals surface area (Å²) in [6, 6.07) is 14.7. The molecule has 0 bridgehead atoms. The Hall–Kier alpha value is -2.46. The summed E-state index contributed by atoms with van der Waals surface area (Å²) in [5, 5.41) is 8.61. The Morgan fingerprint density at radius 2 is 1.77 bits per heavy atom. The molecule has 22 heavy (non-hydrogen) atoms. The summed E-state index contributed by atoms with van der Waals surface area (Å²) in [4.78, 5) is 0. The van der Waals surface area contributed by atoms with Gasteiger partial charge in [-0.1, -0.05) is 46.7 Å². The highest BCUT2D eigenvalue weighted by Gasteiger charge is 2.16. The van der Waals surface area contributed by atoms with E-state index >= 15 is 0 Å². The lowest BCUT2D eigenvalue weighted by Gasteiger charge is -2.11. The standard InChI is InChI=1S/C18H20N4/c1-12-5-4-6-15(10-12)18-16(11-19)20-21-22(18)17-8-7-13(2)9-14(17)3/h4-10H,11,19H2,1-3H3. The van der Waals surface area contributed by atoms with Crippen molar-refractivity contribution in [3.63, 3.8) is 0 Å². The summed E-state index contributed by atoms with van der Waals surface area (Å²) in [5.41, 5.74) is 13.4. The maximum absolute atomic E-state index is 5.86. The SMILES string of the molecule is Cc1cccc(-c2c(CN)nnn2-c2ccc(C)cc2C)c1. The molecular weight excluding hydrogens is 272 g/mol. The molecule has 2 aromatic carbocycles. The Morgan fingerprint density at radius 3 is 2.45 bits per heavy atom. The van der Waals surface area contributed by atoms with Crippen molar-refractivity contribution in [2.75, 3.05) is 0 Å². The van der Waals surface area contributed by atoms with Crippen molar-refractivity contribution < 1.29 is 0 Å². The van der Waals surface area contributed by atoms with E-state index in [1.54, 1.807) is 0 Å². The monoisotopic (exact) mass is 292 g/mol. The largest absolute Gasteiger partial charge is 0.325 e. The van der Waals surface area contributed by atoms with Crippen LogP contribution < -0.4 is 5.73 Å². The predicted octanol–water partition coefficient (Wildman–Crippen LogP) is 3.32. The van der Waals surface area contributed by atoms with E-state index in [1.807, 2.05) is 10.7 Å². The van der Waals surface area contributed by atoms with E-state index in [0.717, 1.165) is 22.6 Å². The lowest BCUT2D eigenvalue weighted by Crippen LogP contribution is -2.04. The maximum atomic E-state index is 5.86. The second-order valence-corrected chi connectivity index (χ2v) is 5.66. The van der Waals surface area contributed by atoms with Gasteiger partial charge in [0.05, 0.1) is 11.4 Å². The molecule has 0 saturated carbocycles. The molecular formula is C18H20N4. The fraction of sp³-hybridized carbons (Fsp3) is 0.222. The third-order valence-corrected chi connectivity index (χ3v) is 3.81. The molecule has 3 aromatic rings. The van der Waals surface area contributed by atoms with Crippen molar-refractivity contribution in [3.8, 4) is 16.9 Å². The minimum atomic E-state index is 0.369. The second-order valence-electron chi connectivity index (χ2n) is 5.66. The van der Waals surface area contributed by atoms with Crippen LogP contribution in [0.15, 0.2) is 42.5 Å². The third-order valence-electron chi connectivity index (χ3n) is 3.81. The van der Waals surface area contributed by atoms with Crippen LogP contribution >= 0.6 is 0 Å². The van der Waals surface area contributed by atoms with E-state index in [2.05, 4.69) is 67.5 Å². The first-order valence-electron chi connectivity index (χ1n) is 7.39. The quantitative estimate of drug-likeness (QED) is 0.805. The van der Waals surface area contributed by atoms with Gasteiger partial charge in [0.15, 0.2) is 0 Å². The van der Waals surface area contributed by atoms with Crippen molar-refractivity contribution in [2.24, 2.45) is 5.73 Å². The number of hydrogen-bond donors (Lipinski definition) is 1. The Labute approximate surface area is 130 Å². The van der Waals surface area contributed by atoms with Crippen LogP contribution in [0.25, 0.3) is 16.9 Å². The van der Waals surface area contributed by atoms with E-state index in [4.69, 9.17) is 5.73 Å². The number of benzene rings is 2. The summed E-state index contributed by atoms with van der Waals surface area (Å²) in [7, 11) is 0. The molecule has 0 atom stereocenters. The van der Waals surface area contributed by atoms with Crippen LogP contribution in [0.5, 0.6) is 0 Å². The van der Waals surface area contributed by atoms with Gasteiger partial charge in [-0.2, -0.15) is 0 Å². The van der Waals surface area contributed by atoms with Crippen LogP contribution in [0.3, 0.4) is 0 Å². The molecule has 0 amide bonds. The fourth-order valence-corrected chi connectivity index (χ4v) is 2.74. The van der Waals surface area contributed by atoms with Crippen LogP contribution in [0, 0.1) is 20.8 Å². The maximum Gasteiger partial charge on any atom is 0.105 e. The summed E-state index contributed by atoms with van der Waals surface area (Å²) in [6.07, 6.45) is 0. The average Bonchev–Trinajstić information content (AvgIpc) is 2.91. The lowest BCUT2D eigenvalue weighted by atomic mass is 10.1. The zero-order valence-corrected chi connectivity index (χ0v) is 13.2. The second kappa shape index (κ2) is 5.73. The summed E-state index contributed by atoms with van der Waals surface area (Å²) >= 11 is 0. The molecule has 0 spiro atoms. The molecule has 0 saturated heterocycles. The molecule has 2 N–H and O–H groups in total. The van der Waals surface area contributed by atoms with E-state index in [9.17, 15) is 0 Å². The first-order chi connectivity index (χ1) is 10.6. The molecule has 0 fully saturated rings. The fourth-order valence-electron chi connectivity index (χ4n) is 2.74. The topological polar surface area (TPSA) is 56.7 Å². The minimum absolute atomic E-state index is 0.369. The molecule has 0 aliphatic heterocycles. The molecule has 0 aliphatic carbocycles. The summed E-state index contributed by atoms with van der Waals surface area (Å²) in [6.45, 7) is 6.63. The Morgan fingerprint density at radius 1 is 1.00 bits per heavy atom. The number of aromatic nitrogens is 3. The zero-order chi connectivity index (χ0) is 15.7. The van der Waals surface area contributed by atoms with Crippen LogP contribution in [-0.2, 0) is 6.54 Å². The van der Waals surface area contributed by atoms with Gasteiger partial charge in [-0.3, -0.25) is 0 Å². The number of aryl methyl sites for hydroxylation is 3. The van der Waals surface area contributed by atoms with Gasteiger partial charge in [-0.25, -0.2) is 4.68 Å². The molecule has 4 heteroatoms. The van der Waals surface area contributed by atoms with Gasteiger partial charge < -0.3 is 5.73 Å². The van der Waals surface area contributed by atoms with E-state index in [0.29, 0.717) is 6.54 Å². The molecule has 4 nitrogen and oxygen atoms in total. The highest BCUT2D eigenvalue weighted by Crippen LogP contribution is 2.27. The highest BCUT2D eigenvalue weighted by molar-refractivity contribution is 5.65. The van der Waals surface area contributed by atoms with Crippen LogP contribution in [0.1, 0.15) is 22.4 Å². The summed E-state index contributed by atoms with van der Waals surface area (Å²) < 4.78 is 1.89. The molecule has 0 unspecified atom stereocenters. The number of nitrogens with two attached hydrogens (primary N) is 1. The van der Waals surface area contributed by atoms with Crippen LogP contribution in [0.4, 0.5) is 0 Å². The molecule has 3 rings (SSSR count). The van der Waals surface area contributed by atoms with E-state index in [1.165, 1.54) is 16.7 Å². The van der Waals surface area contributed by atoms with E-state index < -0.39 is 0 Å². The lowest BCUT2D eigenvalue weighted by molar-refractivity contribution is 0.795. The molecule has 0 aliphatic rings. The van der Waals surface area contributed by atoms with Crippen molar-refractivity contribution in [1.82, 2.24) is 15.0 Å². The minimum Gasteiger partial charge on any atom is -0.325 e. The van der Waals surface area contributed by atoms with Crippen molar-refractivity contribution in [1.29, 1.82) is 0 Å². The smallest absolute Gasteiger partial charge is 0.105 e. The predicted molar refractivity (Wildman–Crippen MR) is 88.9 cm³/mol. The molecule has 0 radical (unpaired) electrons.